The maximum Gasteiger partial charge on any atom is 0.0311 e. The van der Waals surface area contributed by atoms with E-state index in [-0.39, 0.29) is 5.38 Å². The van der Waals surface area contributed by atoms with Crippen molar-refractivity contribution in [1.29, 1.82) is 0 Å². The Kier molecular flexibility index (Phi) is 7.30. The van der Waals surface area contributed by atoms with Crippen molar-refractivity contribution >= 4 is 23.4 Å². The zero-order valence-electron chi connectivity index (χ0n) is 7.40. The predicted molar refractivity (Wildman–Crippen MR) is 56.4 cm³/mol. The molecule has 0 aromatic heterocycles. The lowest BCUT2D eigenvalue weighted by Gasteiger charge is -2.04. The first-order valence-corrected chi connectivity index (χ1v) is 5.53. The first-order chi connectivity index (χ1) is 5.16. The maximum absolute atomic E-state index is 5.81. The summed E-state index contributed by atoms with van der Waals surface area (Å²) in [5.41, 5.74) is 0. The van der Waals surface area contributed by atoms with Gasteiger partial charge in [0.05, 0.1) is 0 Å². The Hall–Kier alpha value is 0.380. The molecule has 0 fully saturated rings. The zero-order valence-corrected chi connectivity index (χ0v) is 8.97. The molecule has 0 radical (unpaired) electrons. The molecule has 0 aromatic carbocycles. The Morgan fingerprint density at radius 3 is 2.73 bits per heavy atom. The Labute approximate surface area is 79.4 Å². The van der Waals surface area contributed by atoms with Crippen LogP contribution in [-0.2, 0) is 0 Å². The molecule has 0 saturated heterocycles. The molecule has 1 atom stereocenters. The van der Waals surface area contributed by atoms with Gasteiger partial charge < -0.3 is 0 Å². The fourth-order valence-corrected chi connectivity index (χ4v) is 1.54. The zero-order chi connectivity index (χ0) is 8.69. The Morgan fingerprint density at radius 2 is 2.27 bits per heavy atom. The van der Waals surface area contributed by atoms with Gasteiger partial charge in [0.2, 0.25) is 0 Å². The normalized spacial score (nSPS) is 13.0. The van der Waals surface area contributed by atoms with Crippen molar-refractivity contribution in [3.05, 3.63) is 11.5 Å². The van der Waals surface area contributed by atoms with Crippen molar-refractivity contribution in [2.45, 2.75) is 38.5 Å². The lowest BCUT2D eigenvalue weighted by atomic mass is 10.2. The van der Waals surface area contributed by atoms with Crippen molar-refractivity contribution in [3.63, 3.8) is 0 Å². The van der Waals surface area contributed by atoms with Gasteiger partial charge in [-0.1, -0.05) is 13.5 Å². The standard InChI is InChI=1S/C9H17ClS/c1-4-7-11-9(3)6-5-8(2)10/h8H,3-7H2,1-2H3/t8-/m1/s1. The second kappa shape index (κ2) is 7.05. The number of halogens is 1. The third-order valence-corrected chi connectivity index (χ3v) is 2.77. The molecular weight excluding hydrogens is 176 g/mol. The summed E-state index contributed by atoms with van der Waals surface area (Å²) in [6.07, 6.45) is 3.34. The number of thioether (sulfide) groups is 1. The van der Waals surface area contributed by atoms with Crippen LogP contribution in [0.1, 0.15) is 33.1 Å². The van der Waals surface area contributed by atoms with Crippen LogP contribution < -0.4 is 0 Å². The van der Waals surface area contributed by atoms with Crippen LogP contribution >= 0.6 is 23.4 Å². The minimum Gasteiger partial charge on any atom is -0.131 e. The van der Waals surface area contributed by atoms with Crippen molar-refractivity contribution in [3.8, 4) is 0 Å². The van der Waals surface area contributed by atoms with E-state index in [2.05, 4.69) is 13.5 Å². The van der Waals surface area contributed by atoms with Gasteiger partial charge in [0, 0.05) is 5.38 Å². The van der Waals surface area contributed by atoms with Gasteiger partial charge in [0.15, 0.2) is 0 Å². The minimum absolute atomic E-state index is 0.286. The van der Waals surface area contributed by atoms with Crippen LogP contribution in [0.3, 0.4) is 0 Å². The molecule has 0 aromatic rings. The molecule has 66 valence electrons. The summed E-state index contributed by atoms with van der Waals surface area (Å²) in [6.45, 7) is 8.18. The van der Waals surface area contributed by atoms with Crippen molar-refractivity contribution < 1.29 is 0 Å². The SMILES string of the molecule is C=C(CC[C@@H](C)Cl)SCCC. The fourth-order valence-electron chi connectivity index (χ4n) is 0.678. The van der Waals surface area contributed by atoms with E-state index < -0.39 is 0 Å². The Balaban J connectivity index is 3.23. The highest BCUT2D eigenvalue weighted by Crippen LogP contribution is 2.21. The molecule has 0 nitrogen and oxygen atoms in total. The molecule has 0 aliphatic heterocycles. The van der Waals surface area contributed by atoms with E-state index in [1.165, 1.54) is 17.1 Å². The van der Waals surface area contributed by atoms with Crippen LogP contribution in [0.2, 0.25) is 0 Å². The topological polar surface area (TPSA) is 0 Å². The monoisotopic (exact) mass is 192 g/mol. The molecule has 0 aliphatic carbocycles. The number of alkyl halides is 1. The van der Waals surface area contributed by atoms with Gasteiger partial charge in [-0.2, -0.15) is 0 Å². The highest BCUT2D eigenvalue weighted by Gasteiger charge is 1.98. The summed E-state index contributed by atoms with van der Waals surface area (Å²) in [6, 6.07) is 0. The average Bonchev–Trinajstić information content (AvgIpc) is 1.97. The van der Waals surface area contributed by atoms with Crippen LogP contribution in [0, 0.1) is 0 Å². The first kappa shape index (κ1) is 11.4. The first-order valence-electron chi connectivity index (χ1n) is 4.11. The fraction of sp³-hybridized carbons (Fsp3) is 0.778. The van der Waals surface area contributed by atoms with E-state index >= 15 is 0 Å². The quantitative estimate of drug-likeness (QED) is 0.573. The van der Waals surface area contributed by atoms with Gasteiger partial charge in [-0.25, -0.2) is 0 Å². The predicted octanol–water partition coefficient (Wildman–Crippen LogP) is 4.05. The van der Waals surface area contributed by atoms with Crippen molar-refractivity contribution in [2.24, 2.45) is 0 Å². The summed E-state index contributed by atoms with van der Waals surface area (Å²) in [5.74, 6) is 1.19. The largest absolute Gasteiger partial charge is 0.131 e. The summed E-state index contributed by atoms with van der Waals surface area (Å²) in [5, 5.41) is 0.286. The van der Waals surface area contributed by atoms with Gasteiger partial charge >= 0.3 is 0 Å². The molecule has 0 spiro atoms. The van der Waals surface area contributed by atoms with Crippen LogP contribution in [0.4, 0.5) is 0 Å². The van der Waals surface area contributed by atoms with E-state index in [1.807, 2.05) is 18.7 Å². The summed E-state index contributed by atoms with van der Waals surface area (Å²) in [7, 11) is 0. The van der Waals surface area contributed by atoms with E-state index in [4.69, 9.17) is 11.6 Å². The molecule has 0 saturated carbocycles. The summed E-state index contributed by atoms with van der Waals surface area (Å²) >= 11 is 7.67. The average molecular weight is 193 g/mol. The summed E-state index contributed by atoms with van der Waals surface area (Å²) in [4.78, 5) is 1.28. The molecule has 0 rings (SSSR count). The van der Waals surface area contributed by atoms with Gasteiger partial charge in [-0.3, -0.25) is 0 Å². The third kappa shape index (κ3) is 8.28. The van der Waals surface area contributed by atoms with Crippen LogP contribution in [0.5, 0.6) is 0 Å². The lowest BCUT2D eigenvalue weighted by Crippen LogP contribution is -1.90. The Bertz CT molecular complexity index is 110. The summed E-state index contributed by atoms with van der Waals surface area (Å²) < 4.78 is 0. The van der Waals surface area contributed by atoms with E-state index in [0.717, 1.165) is 12.8 Å². The molecule has 0 heterocycles. The highest BCUT2D eigenvalue weighted by atomic mass is 35.5. The smallest absolute Gasteiger partial charge is 0.0311 e. The molecule has 0 amide bonds. The third-order valence-electron chi connectivity index (χ3n) is 1.33. The second-order valence-electron chi connectivity index (χ2n) is 2.71. The van der Waals surface area contributed by atoms with Crippen LogP contribution in [0.25, 0.3) is 0 Å². The number of rotatable bonds is 6. The molecular formula is C9H17ClS. The van der Waals surface area contributed by atoms with Gasteiger partial charge in [-0.05, 0) is 36.8 Å². The number of hydrogen-bond acceptors (Lipinski definition) is 1. The van der Waals surface area contributed by atoms with Gasteiger partial charge in [0.1, 0.15) is 0 Å². The molecule has 0 unspecified atom stereocenters. The van der Waals surface area contributed by atoms with Crippen LogP contribution in [-0.4, -0.2) is 11.1 Å². The van der Waals surface area contributed by atoms with Crippen LogP contribution in [0.15, 0.2) is 11.5 Å². The number of allylic oxidation sites excluding steroid dienone is 1. The minimum atomic E-state index is 0.286. The highest BCUT2D eigenvalue weighted by molar-refractivity contribution is 8.03. The number of hydrogen-bond donors (Lipinski definition) is 0. The molecule has 0 bridgehead atoms. The lowest BCUT2D eigenvalue weighted by molar-refractivity contribution is 0.818. The molecule has 2 heteroatoms. The second-order valence-corrected chi connectivity index (χ2v) is 4.73. The van der Waals surface area contributed by atoms with Crippen molar-refractivity contribution in [2.75, 3.05) is 5.75 Å². The van der Waals surface area contributed by atoms with Crippen molar-refractivity contribution in [1.82, 2.24) is 0 Å². The molecule has 0 aliphatic rings. The molecule has 0 N–H and O–H groups in total. The van der Waals surface area contributed by atoms with Gasteiger partial charge in [-0.15, -0.1) is 23.4 Å². The van der Waals surface area contributed by atoms with E-state index in [0.29, 0.717) is 0 Å². The van der Waals surface area contributed by atoms with E-state index in [1.54, 1.807) is 0 Å². The van der Waals surface area contributed by atoms with Gasteiger partial charge in [0.25, 0.3) is 0 Å². The molecule has 11 heavy (non-hydrogen) atoms. The van der Waals surface area contributed by atoms with E-state index in [9.17, 15) is 0 Å². The Morgan fingerprint density at radius 1 is 1.64 bits per heavy atom. The maximum atomic E-state index is 5.81.